The second kappa shape index (κ2) is 7.72. The number of aliphatic hydroxyl groups is 1. The number of aromatic amines is 1. The summed E-state index contributed by atoms with van der Waals surface area (Å²) in [5.74, 6) is 0.595. The summed E-state index contributed by atoms with van der Waals surface area (Å²) < 4.78 is 39.5. The number of hydrogen-bond acceptors (Lipinski definition) is 5. The van der Waals surface area contributed by atoms with Crippen molar-refractivity contribution in [3.05, 3.63) is 24.7 Å². The van der Waals surface area contributed by atoms with Crippen molar-refractivity contribution in [2.24, 2.45) is 5.92 Å². The number of aromatic nitrogens is 5. The van der Waals surface area contributed by atoms with Gasteiger partial charge in [-0.15, -0.1) is 0 Å². The standard InChI is InChI=1S/C21H24F3N7O2/c1-12-2-5-30(20(7-12)3-4-20)19(33)28-15-10-26-29-18(15)14-6-16-13(8-25-14)9-27-31(16)11-17(32)21(22,23)24/h6,8-10,12,17,32H,2-5,7,11H2,1H3,(H,26,29)(H,28,33)/t12-,17+/m0/s1. The van der Waals surface area contributed by atoms with Crippen LogP contribution in [0, 0.1) is 5.92 Å². The van der Waals surface area contributed by atoms with Crippen molar-refractivity contribution in [2.75, 3.05) is 11.9 Å². The van der Waals surface area contributed by atoms with E-state index < -0.39 is 18.8 Å². The fraction of sp³-hybridized carbons (Fsp3) is 0.524. The minimum absolute atomic E-state index is 0.0470. The Labute approximate surface area is 187 Å². The molecule has 0 unspecified atom stereocenters. The first-order valence-corrected chi connectivity index (χ1v) is 10.8. The van der Waals surface area contributed by atoms with Gasteiger partial charge in [-0.05, 0) is 37.7 Å². The molecule has 3 N–H and O–H groups in total. The lowest BCUT2D eigenvalue weighted by Gasteiger charge is -2.39. The zero-order valence-corrected chi connectivity index (χ0v) is 17.9. The van der Waals surface area contributed by atoms with Gasteiger partial charge in [0.25, 0.3) is 0 Å². The van der Waals surface area contributed by atoms with E-state index in [1.165, 1.54) is 18.6 Å². The van der Waals surface area contributed by atoms with Crippen molar-refractivity contribution < 1.29 is 23.1 Å². The number of anilines is 1. The molecule has 1 aliphatic heterocycles. The normalized spacial score (nSPS) is 20.9. The van der Waals surface area contributed by atoms with E-state index in [2.05, 4.69) is 32.5 Å². The smallest absolute Gasteiger partial charge is 0.382 e. The Hall–Kier alpha value is -3.15. The minimum atomic E-state index is -4.75. The molecule has 2 aliphatic rings. The Kier molecular flexibility index (Phi) is 5.07. The van der Waals surface area contributed by atoms with Crippen LogP contribution in [-0.2, 0) is 6.54 Å². The predicted molar refractivity (Wildman–Crippen MR) is 113 cm³/mol. The second-order valence-corrected chi connectivity index (χ2v) is 9.08. The summed E-state index contributed by atoms with van der Waals surface area (Å²) in [4.78, 5) is 19.3. The number of carbonyl (C=O) groups excluding carboxylic acids is 1. The van der Waals surface area contributed by atoms with Crippen LogP contribution in [0.25, 0.3) is 22.3 Å². The fourth-order valence-corrected chi connectivity index (χ4v) is 4.66. The first kappa shape index (κ1) is 21.7. The second-order valence-electron chi connectivity index (χ2n) is 9.08. The largest absolute Gasteiger partial charge is 0.416 e. The van der Waals surface area contributed by atoms with E-state index in [0.29, 0.717) is 40.4 Å². The highest BCUT2D eigenvalue weighted by Gasteiger charge is 2.52. The Morgan fingerprint density at radius 3 is 2.88 bits per heavy atom. The molecule has 9 nitrogen and oxygen atoms in total. The Bertz CT molecular complexity index is 1180. The van der Waals surface area contributed by atoms with Crippen LogP contribution in [0.1, 0.15) is 32.6 Å². The number of pyridine rings is 1. The first-order chi connectivity index (χ1) is 15.7. The van der Waals surface area contributed by atoms with Crippen molar-refractivity contribution >= 4 is 22.6 Å². The quantitative estimate of drug-likeness (QED) is 0.548. The van der Waals surface area contributed by atoms with Crippen molar-refractivity contribution in [3.8, 4) is 11.4 Å². The summed E-state index contributed by atoms with van der Waals surface area (Å²) >= 11 is 0. The number of likely N-dealkylation sites (tertiary alicyclic amines) is 1. The molecule has 0 aromatic carbocycles. The van der Waals surface area contributed by atoms with E-state index in [9.17, 15) is 23.1 Å². The highest BCUT2D eigenvalue weighted by molar-refractivity contribution is 5.94. The molecule has 5 rings (SSSR count). The average molecular weight is 463 g/mol. The number of nitrogens with one attached hydrogen (secondary N) is 2. The number of fused-ring (bicyclic) bond motifs is 1. The molecular weight excluding hydrogens is 439 g/mol. The first-order valence-electron chi connectivity index (χ1n) is 10.8. The summed E-state index contributed by atoms with van der Waals surface area (Å²) in [6.07, 6.45) is 1.04. The van der Waals surface area contributed by atoms with E-state index in [1.54, 1.807) is 6.07 Å². The maximum atomic E-state index is 13.1. The van der Waals surface area contributed by atoms with E-state index >= 15 is 0 Å². The molecule has 1 saturated heterocycles. The maximum Gasteiger partial charge on any atom is 0.416 e. The van der Waals surface area contributed by atoms with Gasteiger partial charge in [0.1, 0.15) is 5.69 Å². The van der Waals surface area contributed by atoms with E-state index in [0.717, 1.165) is 30.4 Å². The van der Waals surface area contributed by atoms with Crippen molar-refractivity contribution in [2.45, 2.75) is 57.0 Å². The number of H-pyrrole nitrogens is 1. The Balaban J connectivity index is 1.39. The highest BCUT2D eigenvalue weighted by Crippen LogP contribution is 2.50. The fourth-order valence-electron chi connectivity index (χ4n) is 4.66. The number of piperidine rings is 1. The van der Waals surface area contributed by atoms with Crippen molar-refractivity contribution in [1.82, 2.24) is 29.9 Å². The number of carbonyl (C=O) groups is 1. The van der Waals surface area contributed by atoms with Crippen LogP contribution in [0.3, 0.4) is 0 Å². The molecule has 3 aromatic heterocycles. The molecule has 33 heavy (non-hydrogen) atoms. The summed E-state index contributed by atoms with van der Waals surface area (Å²) in [5.41, 5.74) is 1.57. The monoisotopic (exact) mass is 463 g/mol. The Morgan fingerprint density at radius 1 is 1.36 bits per heavy atom. The molecule has 1 spiro atoms. The van der Waals surface area contributed by atoms with Crippen LogP contribution < -0.4 is 5.32 Å². The molecule has 12 heteroatoms. The van der Waals surface area contributed by atoms with Crippen LogP contribution in [0.2, 0.25) is 0 Å². The topological polar surface area (TPSA) is 112 Å². The van der Waals surface area contributed by atoms with Gasteiger partial charge in [-0.2, -0.15) is 23.4 Å². The SMILES string of the molecule is C[C@H]1CCN(C(=O)Nc2cn[nH]c2-c2cc3c(cn2)cnn3C[C@@H](O)C(F)(F)F)C2(CC2)C1. The van der Waals surface area contributed by atoms with Gasteiger partial charge in [-0.3, -0.25) is 14.8 Å². The number of urea groups is 1. The third kappa shape index (κ3) is 4.03. The van der Waals surface area contributed by atoms with Crippen LogP contribution in [-0.4, -0.2) is 65.4 Å². The number of rotatable bonds is 4. The van der Waals surface area contributed by atoms with Crippen molar-refractivity contribution in [3.63, 3.8) is 0 Å². The van der Waals surface area contributed by atoms with Crippen LogP contribution in [0.15, 0.2) is 24.7 Å². The molecule has 1 saturated carbocycles. The maximum absolute atomic E-state index is 13.1. The lowest BCUT2D eigenvalue weighted by atomic mass is 9.91. The summed E-state index contributed by atoms with van der Waals surface area (Å²) in [5, 5.41) is 23.7. The van der Waals surface area contributed by atoms with Gasteiger partial charge < -0.3 is 15.3 Å². The molecule has 1 aliphatic carbocycles. The van der Waals surface area contributed by atoms with Gasteiger partial charge in [0.2, 0.25) is 0 Å². The van der Waals surface area contributed by atoms with Gasteiger partial charge in [-0.25, -0.2) is 4.79 Å². The molecule has 3 aromatic rings. The summed E-state index contributed by atoms with van der Waals surface area (Å²) in [7, 11) is 0. The van der Waals surface area contributed by atoms with Gasteiger partial charge in [0, 0.05) is 23.7 Å². The Morgan fingerprint density at radius 2 is 2.15 bits per heavy atom. The number of alkyl halides is 3. The third-order valence-electron chi connectivity index (χ3n) is 6.61. The van der Waals surface area contributed by atoms with E-state index in [1.807, 2.05) is 4.90 Å². The number of halogens is 3. The van der Waals surface area contributed by atoms with Crippen LogP contribution in [0.4, 0.5) is 23.7 Å². The van der Waals surface area contributed by atoms with Gasteiger partial charge in [-0.1, -0.05) is 6.92 Å². The number of nitrogens with zero attached hydrogens (tertiary/aromatic N) is 5. The van der Waals surface area contributed by atoms with E-state index in [4.69, 9.17) is 0 Å². The van der Waals surface area contributed by atoms with Crippen molar-refractivity contribution in [1.29, 1.82) is 0 Å². The summed E-state index contributed by atoms with van der Waals surface area (Å²) in [6, 6.07) is 1.36. The van der Waals surface area contributed by atoms with Gasteiger partial charge >= 0.3 is 12.2 Å². The zero-order valence-electron chi connectivity index (χ0n) is 17.9. The average Bonchev–Trinajstić information content (AvgIpc) is 3.17. The van der Waals surface area contributed by atoms with Crippen LogP contribution >= 0.6 is 0 Å². The molecule has 176 valence electrons. The molecular formula is C21H24F3N7O2. The molecule has 2 fully saturated rings. The van der Waals surface area contributed by atoms with Crippen LogP contribution in [0.5, 0.6) is 0 Å². The van der Waals surface area contributed by atoms with E-state index in [-0.39, 0.29) is 11.6 Å². The lowest BCUT2D eigenvalue weighted by molar-refractivity contribution is -0.207. The molecule has 2 atom stereocenters. The van der Waals surface area contributed by atoms with Gasteiger partial charge in [0.05, 0.1) is 35.8 Å². The lowest BCUT2D eigenvalue weighted by Crippen LogP contribution is -2.49. The number of amides is 2. The predicted octanol–water partition coefficient (Wildman–Crippen LogP) is 3.54. The zero-order chi connectivity index (χ0) is 23.4. The third-order valence-corrected chi connectivity index (χ3v) is 6.61. The van der Waals surface area contributed by atoms with Gasteiger partial charge in [0.15, 0.2) is 6.10 Å². The highest BCUT2D eigenvalue weighted by atomic mass is 19.4. The summed E-state index contributed by atoms with van der Waals surface area (Å²) in [6.45, 7) is 2.17. The molecule has 0 radical (unpaired) electrons. The molecule has 4 heterocycles. The number of hydrogen-bond donors (Lipinski definition) is 3. The molecule has 0 bridgehead atoms. The number of aliphatic hydroxyl groups excluding tert-OH is 1. The minimum Gasteiger partial charge on any atom is -0.382 e. The molecule has 2 amide bonds.